The van der Waals surface area contributed by atoms with Crippen molar-refractivity contribution in [1.82, 2.24) is 9.78 Å². The number of amides is 2. The highest BCUT2D eigenvalue weighted by Crippen LogP contribution is 2.31. The summed E-state index contributed by atoms with van der Waals surface area (Å²) in [7, 11) is 1.53. The Kier molecular flexibility index (Phi) is 6.55. The molecular formula is C24H23F3N6O3. The summed E-state index contributed by atoms with van der Waals surface area (Å²) in [6.07, 6.45) is -4.70. The van der Waals surface area contributed by atoms with E-state index in [0.29, 0.717) is 30.4 Å². The zero-order chi connectivity index (χ0) is 26.2. The van der Waals surface area contributed by atoms with E-state index in [4.69, 9.17) is 15.9 Å². The summed E-state index contributed by atoms with van der Waals surface area (Å²) < 4.78 is 46.5. The van der Waals surface area contributed by atoms with Gasteiger partial charge in [-0.15, -0.1) is 0 Å². The summed E-state index contributed by atoms with van der Waals surface area (Å²) in [4.78, 5) is 26.5. The van der Waals surface area contributed by atoms with Gasteiger partial charge in [-0.25, -0.2) is 4.68 Å². The molecule has 9 nitrogen and oxygen atoms in total. The molecular weight excluding hydrogens is 477 g/mol. The fraction of sp³-hybridized carbons (Fsp3) is 0.250. The number of carbonyl (C=O) groups is 2. The first-order valence-corrected chi connectivity index (χ1v) is 10.9. The van der Waals surface area contributed by atoms with Gasteiger partial charge >= 0.3 is 6.18 Å². The number of aromatic nitrogens is 2. The van der Waals surface area contributed by atoms with E-state index in [2.05, 4.69) is 10.4 Å². The van der Waals surface area contributed by atoms with E-state index in [9.17, 15) is 22.8 Å². The van der Waals surface area contributed by atoms with Crippen molar-refractivity contribution >= 4 is 28.9 Å². The Labute approximate surface area is 204 Å². The van der Waals surface area contributed by atoms with Gasteiger partial charge in [-0.2, -0.15) is 18.3 Å². The van der Waals surface area contributed by atoms with Crippen molar-refractivity contribution < 1.29 is 27.5 Å². The molecule has 12 heteroatoms. The minimum absolute atomic E-state index is 0.0542. The van der Waals surface area contributed by atoms with Crippen LogP contribution in [0.5, 0.6) is 0 Å². The first-order valence-electron chi connectivity index (χ1n) is 10.9. The lowest BCUT2D eigenvalue weighted by Gasteiger charge is -2.27. The van der Waals surface area contributed by atoms with Crippen LogP contribution in [0.3, 0.4) is 0 Å². The van der Waals surface area contributed by atoms with Gasteiger partial charge in [0.15, 0.2) is 11.9 Å². The topological polar surface area (TPSA) is 126 Å². The molecule has 188 valence electrons. The number of primary amides is 1. The summed E-state index contributed by atoms with van der Waals surface area (Å²) in [6.45, 7) is 2.43. The van der Waals surface area contributed by atoms with E-state index in [1.165, 1.54) is 31.4 Å². The number of benzene rings is 2. The third kappa shape index (κ3) is 4.80. The summed E-state index contributed by atoms with van der Waals surface area (Å²) in [5, 5.41) is 14.2. The number of rotatable bonds is 6. The van der Waals surface area contributed by atoms with Crippen LogP contribution in [0.15, 0.2) is 48.5 Å². The third-order valence-electron chi connectivity index (χ3n) is 5.80. The molecule has 1 aliphatic rings. The molecule has 1 aromatic heterocycles. The quantitative estimate of drug-likeness (QED) is 0.475. The number of hydrogen-bond acceptors (Lipinski definition) is 6. The molecule has 36 heavy (non-hydrogen) atoms. The van der Waals surface area contributed by atoms with Crippen LogP contribution in [0.4, 0.5) is 24.5 Å². The van der Waals surface area contributed by atoms with Crippen molar-refractivity contribution in [3.05, 3.63) is 71.0 Å². The zero-order valence-electron chi connectivity index (χ0n) is 19.4. The predicted molar refractivity (Wildman–Crippen MR) is 127 cm³/mol. The Balaban J connectivity index is 1.65. The number of methoxy groups -OCH3 is 1. The number of alkyl halides is 3. The molecule has 2 aromatic carbocycles. The molecule has 2 amide bonds. The minimum Gasteiger partial charge on any atom is -0.366 e. The largest absolute Gasteiger partial charge is 0.435 e. The average Bonchev–Trinajstić information content (AvgIpc) is 3.43. The van der Waals surface area contributed by atoms with E-state index in [-0.39, 0.29) is 16.9 Å². The second-order valence-electron chi connectivity index (χ2n) is 8.25. The maximum absolute atomic E-state index is 13.4. The Morgan fingerprint density at radius 2 is 1.94 bits per heavy atom. The first-order chi connectivity index (χ1) is 17.0. The molecule has 0 radical (unpaired) electrons. The fourth-order valence-corrected chi connectivity index (χ4v) is 4.11. The number of halogens is 3. The maximum Gasteiger partial charge on any atom is 0.435 e. The summed E-state index contributed by atoms with van der Waals surface area (Å²) in [5.74, 6) is -1.60. The number of nitrogens with two attached hydrogens (primary N) is 1. The van der Waals surface area contributed by atoms with Gasteiger partial charge in [0.2, 0.25) is 5.91 Å². The SMILES string of the molecule is COC1C(=N)CCN1c1ccc(NC(=O)c2cc(C(F)(F)F)nn2-c2cccc(C(N)=O)c2)cc1C. The van der Waals surface area contributed by atoms with Crippen molar-refractivity contribution in [3.63, 3.8) is 0 Å². The van der Waals surface area contributed by atoms with Gasteiger partial charge in [-0.1, -0.05) is 6.07 Å². The zero-order valence-corrected chi connectivity index (χ0v) is 19.4. The van der Waals surface area contributed by atoms with Gasteiger partial charge in [-0.3, -0.25) is 9.59 Å². The Bertz CT molecular complexity index is 1350. The molecule has 1 saturated heterocycles. The van der Waals surface area contributed by atoms with E-state index >= 15 is 0 Å². The fourth-order valence-electron chi connectivity index (χ4n) is 4.11. The summed E-state index contributed by atoms with van der Waals surface area (Å²) in [6, 6.07) is 11.2. The molecule has 3 aromatic rings. The molecule has 4 N–H and O–H groups in total. The molecule has 1 unspecified atom stereocenters. The lowest BCUT2D eigenvalue weighted by atomic mass is 10.1. The van der Waals surface area contributed by atoms with Crippen molar-refractivity contribution in [2.45, 2.75) is 25.7 Å². The number of aryl methyl sites for hydroxylation is 1. The van der Waals surface area contributed by atoms with Crippen LogP contribution < -0.4 is 16.0 Å². The Hall–Kier alpha value is -4.19. The highest BCUT2D eigenvalue weighted by atomic mass is 19.4. The van der Waals surface area contributed by atoms with E-state index < -0.39 is 29.9 Å². The van der Waals surface area contributed by atoms with Crippen LogP contribution in [-0.4, -0.2) is 47.2 Å². The number of nitrogens with one attached hydrogen (secondary N) is 2. The Morgan fingerprint density at radius 1 is 1.19 bits per heavy atom. The van der Waals surface area contributed by atoms with Gasteiger partial charge in [0.05, 0.1) is 11.4 Å². The molecule has 0 aliphatic carbocycles. The first kappa shape index (κ1) is 24.9. The van der Waals surface area contributed by atoms with Crippen LogP contribution in [-0.2, 0) is 10.9 Å². The standard InChI is InChI=1S/C24H23F3N6O3/c1-13-10-15(6-7-18(13)32-9-8-17(28)23(32)36-2)30-22(35)19-12-20(24(25,26)27)31-33(19)16-5-3-4-14(11-16)21(29)34/h3-7,10-12,23,28H,8-9H2,1-2H3,(H2,29,34)(H,30,35). The normalized spacial score (nSPS) is 15.9. The van der Waals surface area contributed by atoms with Crippen molar-refractivity contribution in [3.8, 4) is 5.69 Å². The van der Waals surface area contributed by atoms with E-state index in [0.717, 1.165) is 15.9 Å². The second-order valence-corrected chi connectivity index (χ2v) is 8.25. The number of anilines is 2. The molecule has 1 aliphatic heterocycles. The monoisotopic (exact) mass is 500 g/mol. The number of hydrogen-bond donors (Lipinski definition) is 3. The van der Waals surface area contributed by atoms with Gasteiger partial charge in [-0.05, 0) is 48.9 Å². The molecule has 0 spiro atoms. The van der Waals surface area contributed by atoms with Gasteiger partial charge < -0.3 is 26.1 Å². The highest BCUT2D eigenvalue weighted by Gasteiger charge is 2.36. The number of nitrogens with zero attached hydrogens (tertiary/aromatic N) is 3. The van der Waals surface area contributed by atoms with E-state index in [1.807, 2.05) is 11.8 Å². The summed E-state index contributed by atoms with van der Waals surface area (Å²) >= 11 is 0. The van der Waals surface area contributed by atoms with Crippen LogP contribution in [0.1, 0.15) is 38.5 Å². The Morgan fingerprint density at radius 3 is 2.58 bits per heavy atom. The molecule has 1 fully saturated rings. The van der Waals surface area contributed by atoms with Gasteiger partial charge in [0.25, 0.3) is 5.91 Å². The van der Waals surface area contributed by atoms with Crippen LogP contribution in [0, 0.1) is 12.3 Å². The smallest absolute Gasteiger partial charge is 0.366 e. The lowest BCUT2D eigenvalue weighted by Crippen LogP contribution is -2.34. The lowest BCUT2D eigenvalue weighted by molar-refractivity contribution is -0.141. The molecule has 4 rings (SSSR count). The van der Waals surface area contributed by atoms with Crippen LogP contribution >= 0.6 is 0 Å². The van der Waals surface area contributed by atoms with Crippen molar-refractivity contribution in [2.24, 2.45) is 5.73 Å². The van der Waals surface area contributed by atoms with Gasteiger partial charge in [0, 0.05) is 43.1 Å². The summed E-state index contributed by atoms with van der Waals surface area (Å²) in [5.41, 5.74) is 6.18. The van der Waals surface area contributed by atoms with Crippen LogP contribution in [0.25, 0.3) is 5.69 Å². The van der Waals surface area contributed by atoms with Crippen LogP contribution in [0.2, 0.25) is 0 Å². The van der Waals surface area contributed by atoms with E-state index in [1.54, 1.807) is 18.2 Å². The third-order valence-corrected chi connectivity index (χ3v) is 5.80. The number of ether oxygens (including phenoxy) is 1. The van der Waals surface area contributed by atoms with Crippen molar-refractivity contribution in [1.29, 1.82) is 5.41 Å². The highest BCUT2D eigenvalue weighted by molar-refractivity contribution is 6.04. The minimum atomic E-state index is -4.79. The van der Waals surface area contributed by atoms with Crippen molar-refractivity contribution in [2.75, 3.05) is 23.9 Å². The predicted octanol–water partition coefficient (Wildman–Crippen LogP) is 3.75. The molecule has 0 saturated carbocycles. The molecule has 2 heterocycles. The molecule has 1 atom stereocenters. The average molecular weight is 500 g/mol. The molecule has 0 bridgehead atoms. The second kappa shape index (κ2) is 9.46. The maximum atomic E-state index is 13.4. The van der Waals surface area contributed by atoms with Gasteiger partial charge in [0.1, 0.15) is 5.69 Å². The number of carbonyl (C=O) groups excluding carboxylic acids is 2.